The highest BCUT2D eigenvalue weighted by Gasteiger charge is 1.98. The van der Waals surface area contributed by atoms with Gasteiger partial charge < -0.3 is 9.47 Å². The summed E-state index contributed by atoms with van der Waals surface area (Å²) in [5.74, 6) is 1.70. The van der Waals surface area contributed by atoms with Crippen LogP contribution in [0.4, 0.5) is 0 Å². The molecule has 0 aliphatic carbocycles. The summed E-state index contributed by atoms with van der Waals surface area (Å²) in [5, 5.41) is 8.70. The molecule has 20 heavy (non-hydrogen) atoms. The fraction of sp³-hybridized carbons (Fsp3) is 0.235. The minimum absolute atomic E-state index is 0.595. The number of rotatable bonds is 6. The molecule has 2 aromatic rings. The maximum absolute atomic E-state index is 8.70. The van der Waals surface area contributed by atoms with Crippen molar-refractivity contribution in [1.29, 1.82) is 5.26 Å². The van der Waals surface area contributed by atoms with Gasteiger partial charge in [-0.2, -0.15) is 5.26 Å². The van der Waals surface area contributed by atoms with Gasteiger partial charge in [0.05, 0.1) is 24.8 Å². The van der Waals surface area contributed by atoms with Crippen molar-refractivity contribution in [2.75, 3.05) is 13.2 Å². The topological polar surface area (TPSA) is 42.2 Å². The highest BCUT2D eigenvalue weighted by Crippen LogP contribution is 2.16. The summed E-state index contributed by atoms with van der Waals surface area (Å²) >= 11 is 0. The summed E-state index contributed by atoms with van der Waals surface area (Å²) in [4.78, 5) is 0. The second-order valence-electron chi connectivity index (χ2n) is 4.45. The van der Waals surface area contributed by atoms with Crippen molar-refractivity contribution in [1.82, 2.24) is 0 Å². The third-order valence-electron chi connectivity index (χ3n) is 2.89. The maximum atomic E-state index is 8.70. The lowest BCUT2D eigenvalue weighted by molar-refractivity contribution is 0.246. The molecule has 3 heteroatoms. The third-order valence-corrected chi connectivity index (χ3v) is 2.89. The fourth-order valence-corrected chi connectivity index (χ4v) is 1.78. The van der Waals surface area contributed by atoms with E-state index in [0.717, 1.165) is 23.5 Å². The van der Waals surface area contributed by atoms with E-state index in [9.17, 15) is 0 Å². The van der Waals surface area contributed by atoms with Gasteiger partial charge in [-0.15, -0.1) is 0 Å². The fourth-order valence-electron chi connectivity index (χ4n) is 1.78. The summed E-state index contributed by atoms with van der Waals surface area (Å²) in [5.41, 5.74) is 1.78. The Kier molecular flexibility index (Phi) is 5.02. The van der Waals surface area contributed by atoms with Gasteiger partial charge in [-0.1, -0.05) is 18.2 Å². The van der Waals surface area contributed by atoms with E-state index in [2.05, 4.69) is 6.07 Å². The molecule has 0 bridgehead atoms. The number of nitrogens with zero attached hydrogens (tertiary/aromatic N) is 1. The van der Waals surface area contributed by atoms with Crippen molar-refractivity contribution >= 4 is 0 Å². The van der Waals surface area contributed by atoms with Crippen LogP contribution in [0, 0.1) is 18.3 Å². The zero-order valence-electron chi connectivity index (χ0n) is 11.5. The molecule has 0 atom stereocenters. The van der Waals surface area contributed by atoms with Gasteiger partial charge in [0.2, 0.25) is 0 Å². The maximum Gasteiger partial charge on any atom is 0.122 e. The molecule has 2 aromatic carbocycles. The quantitative estimate of drug-likeness (QED) is 0.749. The van der Waals surface area contributed by atoms with E-state index in [1.807, 2.05) is 31.2 Å². The van der Waals surface area contributed by atoms with Crippen molar-refractivity contribution in [3.8, 4) is 17.6 Å². The molecule has 3 nitrogen and oxygen atoms in total. The highest BCUT2D eigenvalue weighted by atomic mass is 16.5. The first kappa shape index (κ1) is 14.0. The molecule has 0 spiro atoms. The third kappa shape index (κ3) is 4.03. The van der Waals surface area contributed by atoms with E-state index in [4.69, 9.17) is 14.7 Å². The summed E-state index contributed by atoms with van der Waals surface area (Å²) in [6.07, 6.45) is 0.814. The highest BCUT2D eigenvalue weighted by molar-refractivity contribution is 5.34. The zero-order chi connectivity index (χ0) is 14.2. The molecule has 0 aliphatic heterocycles. The Balaban J connectivity index is 1.69. The number of ether oxygens (including phenoxy) is 2. The molecule has 102 valence electrons. The van der Waals surface area contributed by atoms with Crippen LogP contribution in [0.15, 0.2) is 48.5 Å². The van der Waals surface area contributed by atoms with Crippen LogP contribution < -0.4 is 9.47 Å². The van der Waals surface area contributed by atoms with Crippen LogP contribution in [0.1, 0.15) is 17.5 Å². The van der Waals surface area contributed by atoms with Crippen LogP contribution in [-0.4, -0.2) is 13.2 Å². The average molecular weight is 267 g/mol. The Bertz CT molecular complexity index is 585. The van der Waals surface area contributed by atoms with E-state index in [1.54, 1.807) is 24.3 Å². The number of benzene rings is 2. The van der Waals surface area contributed by atoms with Crippen LogP contribution in [0.25, 0.3) is 0 Å². The van der Waals surface area contributed by atoms with Gasteiger partial charge in [-0.3, -0.25) is 0 Å². The van der Waals surface area contributed by atoms with E-state index in [0.29, 0.717) is 18.8 Å². The lowest BCUT2D eigenvalue weighted by Gasteiger charge is -2.09. The van der Waals surface area contributed by atoms with Gasteiger partial charge in [0.15, 0.2) is 0 Å². The molecule has 0 saturated carbocycles. The second-order valence-corrected chi connectivity index (χ2v) is 4.45. The zero-order valence-corrected chi connectivity index (χ0v) is 11.5. The standard InChI is InChI=1S/C17H17NO2/c1-14-5-2-3-6-17(14)20-12-4-11-19-16-9-7-15(13-18)8-10-16/h2-3,5-10H,4,11-12H2,1H3. The second kappa shape index (κ2) is 7.20. The molecule has 0 aromatic heterocycles. The number of hydrogen-bond acceptors (Lipinski definition) is 3. The first-order valence-electron chi connectivity index (χ1n) is 6.61. The number of aryl methyl sites for hydroxylation is 1. The van der Waals surface area contributed by atoms with Crippen LogP contribution in [0.3, 0.4) is 0 Å². The van der Waals surface area contributed by atoms with Crippen molar-refractivity contribution in [3.63, 3.8) is 0 Å². The molecule has 0 unspecified atom stereocenters. The smallest absolute Gasteiger partial charge is 0.122 e. The van der Waals surface area contributed by atoms with Gasteiger partial charge in [-0.05, 0) is 42.8 Å². The summed E-state index contributed by atoms with van der Waals surface area (Å²) < 4.78 is 11.3. The van der Waals surface area contributed by atoms with E-state index < -0.39 is 0 Å². The van der Waals surface area contributed by atoms with E-state index in [1.165, 1.54) is 0 Å². The van der Waals surface area contributed by atoms with Gasteiger partial charge in [0, 0.05) is 6.42 Å². The largest absolute Gasteiger partial charge is 0.493 e. The number of para-hydroxylation sites is 1. The normalized spacial score (nSPS) is 9.80. The molecule has 2 rings (SSSR count). The van der Waals surface area contributed by atoms with Crippen molar-refractivity contribution in [2.24, 2.45) is 0 Å². The molecule has 0 aliphatic rings. The lowest BCUT2D eigenvalue weighted by atomic mass is 10.2. The molecule has 0 N–H and O–H groups in total. The predicted molar refractivity (Wildman–Crippen MR) is 77.9 cm³/mol. The minimum Gasteiger partial charge on any atom is -0.493 e. The molecule has 0 amide bonds. The molecule has 0 heterocycles. The van der Waals surface area contributed by atoms with Gasteiger partial charge in [0.25, 0.3) is 0 Å². The van der Waals surface area contributed by atoms with Crippen LogP contribution in [-0.2, 0) is 0 Å². The van der Waals surface area contributed by atoms with Crippen LogP contribution >= 0.6 is 0 Å². The van der Waals surface area contributed by atoms with Crippen LogP contribution in [0.2, 0.25) is 0 Å². The van der Waals surface area contributed by atoms with Gasteiger partial charge in [-0.25, -0.2) is 0 Å². The lowest BCUT2D eigenvalue weighted by Crippen LogP contribution is -2.05. The monoisotopic (exact) mass is 267 g/mol. The van der Waals surface area contributed by atoms with Gasteiger partial charge >= 0.3 is 0 Å². The predicted octanol–water partition coefficient (Wildman–Crippen LogP) is 3.71. The van der Waals surface area contributed by atoms with Crippen molar-refractivity contribution in [2.45, 2.75) is 13.3 Å². The first-order chi connectivity index (χ1) is 9.79. The number of nitriles is 1. The van der Waals surface area contributed by atoms with Crippen LogP contribution in [0.5, 0.6) is 11.5 Å². The molecular weight excluding hydrogens is 250 g/mol. The van der Waals surface area contributed by atoms with Crippen molar-refractivity contribution in [3.05, 3.63) is 59.7 Å². The first-order valence-corrected chi connectivity index (χ1v) is 6.61. The summed E-state index contributed by atoms with van der Waals surface area (Å²) in [7, 11) is 0. The number of hydrogen-bond donors (Lipinski definition) is 0. The van der Waals surface area contributed by atoms with E-state index in [-0.39, 0.29) is 0 Å². The Morgan fingerprint density at radius 1 is 0.950 bits per heavy atom. The molecule has 0 fully saturated rings. The average Bonchev–Trinajstić information content (AvgIpc) is 2.49. The molecular formula is C17H17NO2. The Morgan fingerprint density at radius 2 is 1.65 bits per heavy atom. The van der Waals surface area contributed by atoms with E-state index >= 15 is 0 Å². The van der Waals surface area contributed by atoms with Gasteiger partial charge in [0.1, 0.15) is 11.5 Å². The SMILES string of the molecule is Cc1ccccc1OCCCOc1ccc(C#N)cc1. The van der Waals surface area contributed by atoms with Crippen molar-refractivity contribution < 1.29 is 9.47 Å². The molecule has 0 radical (unpaired) electrons. The Hall–Kier alpha value is -2.47. The Labute approximate surface area is 119 Å². The summed E-state index contributed by atoms with van der Waals surface area (Å²) in [6.45, 7) is 3.25. The molecule has 0 saturated heterocycles. The minimum atomic E-state index is 0.595. The summed E-state index contributed by atoms with van der Waals surface area (Å²) in [6, 6.07) is 17.2. The Morgan fingerprint density at radius 3 is 2.35 bits per heavy atom.